The number of alkyl halides is 2. The molecule has 0 fully saturated rings. The van der Waals surface area contributed by atoms with Gasteiger partial charge in [0.05, 0.1) is 27.2 Å². The van der Waals surface area contributed by atoms with Gasteiger partial charge in [-0.15, -0.1) is 0 Å². The summed E-state index contributed by atoms with van der Waals surface area (Å²) in [6, 6.07) is 7.73. The van der Waals surface area contributed by atoms with Gasteiger partial charge in [0.25, 0.3) is 10.0 Å². The first-order valence-corrected chi connectivity index (χ1v) is 9.17. The van der Waals surface area contributed by atoms with Crippen molar-refractivity contribution < 1.29 is 26.7 Å². The maximum Gasteiger partial charge on any atom is 0.387 e. The summed E-state index contributed by atoms with van der Waals surface area (Å²) in [6.07, 6.45) is 0. The van der Waals surface area contributed by atoms with Crippen LogP contribution in [-0.4, -0.2) is 21.6 Å². The first kappa shape index (κ1) is 19.6. The number of hydrogen-bond donors (Lipinski definition) is 1. The molecule has 10 heteroatoms. The second kappa shape index (κ2) is 8.07. The lowest BCUT2D eigenvalue weighted by Gasteiger charge is -2.14. The van der Waals surface area contributed by atoms with E-state index < -0.39 is 16.6 Å². The van der Waals surface area contributed by atoms with Crippen LogP contribution in [0.3, 0.4) is 0 Å². The van der Waals surface area contributed by atoms with Crippen LogP contribution in [-0.2, 0) is 10.0 Å². The van der Waals surface area contributed by atoms with Crippen LogP contribution in [0.2, 0.25) is 10.0 Å². The van der Waals surface area contributed by atoms with Crippen LogP contribution in [0, 0.1) is 0 Å². The molecule has 136 valence electrons. The van der Waals surface area contributed by atoms with Gasteiger partial charge >= 0.3 is 6.61 Å². The minimum atomic E-state index is -4.05. The Morgan fingerprint density at radius 1 is 1.16 bits per heavy atom. The number of sulfonamides is 1. The summed E-state index contributed by atoms with van der Waals surface area (Å²) in [6.45, 7) is -1.06. The zero-order valence-electron chi connectivity index (χ0n) is 12.8. The average Bonchev–Trinajstić information content (AvgIpc) is 2.52. The van der Waals surface area contributed by atoms with Crippen molar-refractivity contribution in [3.8, 4) is 11.5 Å². The molecule has 25 heavy (non-hydrogen) atoms. The van der Waals surface area contributed by atoms with E-state index in [0.717, 1.165) is 18.2 Å². The van der Waals surface area contributed by atoms with Crippen molar-refractivity contribution in [2.24, 2.45) is 0 Å². The maximum absolute atomic E-state index is 12.5. The van der Waals surface area contributed by atoms with Gasteiger partial charge in [-0.2, -0.15) is 8.78 Å². The standard InChI is InChI=1S/C15H13Cl2F2NO4S/c1-2-23-14-10(16)4-3-5-12(14)20-25(21,22)9-6-7-13(11(17)8-9)24-15(18)19/h3-8,15,20H,2H2,1H3. The van der Waals surface area contributed by atoms with Crippen LogP contribution in [0.4, 0.5) is 14.5 Å². The molecule has 0 saturated carbocycles. The van der Waals surface area contributed by atoms with E-state index in [9.17, 15) is 17.2 Å². The van der Waals surface area contributed by atoms with Gasteiger partial charge in [-0.05, 0) is 37.3 Å². The Balaban J connectivity index is 2.34. The highest BCUT2D eigenvalue weighted by Gasteiger charge is 2.20. The summed E-state index contributed by atoms with van der Waals surface area (Å²) in [7, 11) is -4.05. The number of nitrogens with one attached hydrogen (secondary N) is 1. The van der Waals surface area contributed by atoms with Crippen LogP contribution in [0.5, 0.6) is 11.5 Å². The number of anilines is 1. The molecule has 2 rings (SSSR count). The molecule has 0 aromatic heterocycles. The second-order valence-corrected chi connectivity index (χ2v) is 7.12. The molecular formula is C15H13Cl2F2NO4S. The van der Waals surface area contributed by atoms with Crippen molar-refractivity contribution in [1.29, 1.82) is 0 Å². The molecule has 0 heterocycles. The molecule has 2 aromatic rings. The van der Waals surface area contributed by atoms with Crippen molar-refractivity contribution in [3.63, 3.8) is 0 Å². The molecule has 0 atom stereocenters. The Labute approximate surface area is 153 Å². The van der Waals surface area contributed by atoms with Crippen LogP contribution < -0.4 is 14.2 Å². The summed E-state index contributed by atoms with van der Waals surface area (Å²) in [5.41, 5.74) is 0.137. The molecule has 0 aliphatic carbocycles. The van der Waals surface area contributed by atoms with Crippen LogP contribution in [0.25, 0.3) is 0 Å². The number of para-hydroxylation sites is 1. The maximum atomic E-state index is 12.5. The second-order valence-electron chi connectivity index (χ2n) is 4.63. The summed E-state index contributed by atoms with van der Waals surface area (Å²) >= 11 is 11.8. The molecule has 0 amide bonds. The molecule has 1 N–H and O–H groups in total. The predicted octanol–water partition coefficient (Wildman–Crippen LogP) is 4.79. The van der Waals surface area contributed by atoms with E-state index in [0.29, 0.717) is 0 Å². The van der Waals surface area contributed by atoms with Gasteiger partial charge in [-0.25, -0.2) is 8.42 Å². The zero-order chi connectivity index (χ0) is 18.6. The fourth-order valence-electron chi connectivity index (χ4n) is 1.92. The Hall–Kier alpha value is -1.77. The summed E-state index contributed by atoms with van der Waals surface area (Å²) in [5, 5.41) is -0.0277. The number of hydrogen-bond acceptors (Lipinski definition) is 4. The van der Waals surface area contributed by atoms with Crippen LogP contribution in [0.1, 0.15) is 6.92 Å². The Kier molecular flexibility index (Phi) is 6.31. The van der Waals surface area contributed by atoms with Gasteiger partial charge in [0, 0.05) is 0 Å². The van der Waals surface area contributed by atoms with Gasteiger partial charge < -0.3 is 9.47 Å². The quantitative estimate of drug-likeness (QED) is 0.710. The van der Waals surface area contributed by atoms with E-state index in [1.54, 1.807) is 19.1 Å². The minimum Gasteiger partial charge on any atom is -0.490 e. The third-order valence-corrected chi connectivity index (χ3v) is 4.89. The average molecular weight is 412 g/mol. The summed E-state index contributed by atoms with van der Waals surface area (Å²) in [5.74, 6) is -0.146. The Bertz CT molecular complexity index is 863. The molecule has 0 radical (unpaired) electrons. The Morgan fingerprint density at radius 2 is 1.88 bits per heavy atom. The van der Waals surface area contributed by atoms with Gasteiger partial charge in [0.1, 0.15) is 5.75 Å². The SMILES string of the molecule is CCOc1c(Cl)cccc1NS(=O)(=O)c1ccc(OC(F)F)c(Cl)c1. The van der Waals surface area contributed by atoms with Crippen molar-refractivity contribution in [1.82, 2.24) is 0 Å². The van der Waals surface area contributed by atoms with Crippen molar-refractivity contribution >= 4 is 38.9 Å². The molecule has 0 saturated heterocycles. The lowest BCUT2D eigenvalue weighted by atomic mass is 10.3. The normalized spacial score (nSPS) is 11.4. The lowest BCUT2D eigenvalue weighted by molar-refractivity contribution is -0.0498. The number of benzene rings is 2. The third kappa shape index (κ3) is 4.87. The first-order chi connectivity index (χ1) is 11.7. The van der Waals surface area contributed by atoms with E-state index in [1.165, 1.54) is 6.07 Å². The van der Waals surface area contributed by atoms with Crippen molar-refractivity contribution in [2.45, 2.75) is 18.4 Å². The molecule has 0 spiro atoms. The largest absolute Gasteiger partial charge is 0.490 e. The monoisotopic (exact) mass is 411 g/mol. The highest BCUT2D eigenvalue weighted by atomic mass is 35.5. The number of rotatable bonds is 7. The highest BCUT2D eigenvalue weighted by molar-refractivity contribution is 7.92. The number of halogens is 4. The molecule has 0 unspecified atom stereocenters. The van der Waals surface area contributed by atoms with Gasteiger partial charge in [0.15, 0.2) is 5.75 Å². The fraction of sp³-hybridized carbons (Fsp3) is 0.200. The van der Waals surface area contributed by atoms with Gasteiger partial charge in [-0.1, -0.05) is 29.3 Å². The molecule has 0 aliphatic heterocycles. The van der Waals surface area contributed by atoms with E-state index in [-0.39, 0.29) is 38.7 Å². The van der Waals surface area contributed by atoms with E-state index in [4.69, 9.17) is 27.9 Å². The van der Waals surface area contributed by atoms with E-state index in [2.05, 4.69) is 9.46 Å². The van der Waals surface area contributed by atoms with Crippen molar-refractivity contribution in [2.75, 3.05) is 11.3 Å². The van der Waals surface area contributed by atoms with Crippen LogP contribution in [0.15, 0.2) is 41.3 Å². The third-order valence-electron chi connectivity index (χ3n) is 2.93. The highest BCUT2D eigenvalue weighted by Crippen LogP contribution is 2.35. The Morgan fingerprint density at radius 3 is 2.48 bits per heavy atom. The summed E-state index contributed by atoms with van der Waals surface area (Å²) in [4.78, 5) is -0.235. The molecule has 0 bridgehead atoms. The summed E-state index contributed by atoms with van der Waals surface area (Å²) < 4.78 is 61.3. The van der Waals surface area contributed by atoms with Gasteiger partial charge in [-0.3, -0.25) is 4.72 Å². The lowest BCUT2D eigenvalue weighted by Crippen LogP contribution is -2.14. The minimum absolute atomic E-state index is 0.137. The number of ether oxygens (including phenoxy) is 2. The molecule has 5 nitrogen and oxygen atoms in total. The van der Waals surface area contributed by atoms with E-state index in [1.807, 2.05) is 0 Å². The molecular weight excluding hydrogens is 399 g/mol. The van der Waals surface area contributed by atoms with E-state index >= 15 is 0 Å². The van der Waals surface area contributed by atoms with Crippen LogP contribution >= 0.6 is 23.2 Å². The molecule has 2 aromatic carbocycles. The van der Waals surface area contributed by atoms with Gasteiger partial charge in [0.2, 0.25) is 0 Å². The fourth-order valence-corrected chi connectivity index (χ4v) is 3.53. The smallest absolute Gasteiger partial charge is 0.387 e. The predicted molar refractivity (Wildman–Crippen MR) is 91.5 cm³/mol. The first-order valence-electron chi connectivity index (χ1n) is 6.93. The topological polar surface area (TPSA) is 64.6 Å². The van der Waals surface area contributed by atoms with Crippen molar-refractivity contribution in [3.05, 3.63) is 46.4 Å². The molecule has 0 aliphatic rings. The zero-order valence-corrected chi connectivity index (χ0v) is 15.1.